The summed E-state index contributed by atoms with van der Waals surface area (Å²) in [5.41, 5.74) is 5.96. The fourth-order valence-corrected chi connectivity index (χ4v) is 1.16. The topological polar surface area (TPSA) is 81.3 Å². The van der Waals surface area contributed by atoms with Crippen molar-refractivity contribution in [1.82, 2.24) is 9.97 Å². The Bertz CT molecular complexity index is 471. The molecule has 16 heavy (non-hydrogen) atoms. The lowest BCUT2D eigenvalue weighted by Gasteiger charge is -2.06. The third kappa shape index (κ3) is 2.38. The van der Waals surface area contributed by atoms with Gasteiger partial charge in [0, 0.05) is 0 Å². The average Bonchev–Trinajstić information content (AvgIpc) is 2.30. The number of ether oxygens (including phenoxy) is 1. The molecule has 2 rings (SSSR count). The van der Waals surface area contributed by atoms with Crippen molar-refractivity contribution in [3.05, 3.63) is 42.5 Å². The van der Waals surface area contributed by atoms with Gasteiger partial charge in [0.2, 0.25) is 0 Å². The van der Waals surface area contributed by atoms with E-state index in [-0.39, 0.29) is 12.4 Å². The fourth-order valence-electron chi connectivity index (χ4n) is 1.16. The van der Waals surface area contributed by atoms with Crippen LogP contribution in [0.4, 0.5) is 5.69 Å². The number of nitrogens with two attached hydrogens (primary N) is 1. The van der Waals surface area contributed by atoms with Gasteiger partial charge in [0.1, 0.15) is 6.61 Å². The minimum absolute atomic E-state index is 0.0953. The van der Waals surface area contributed by atoms with Gasteiger partial charge < -0.3 is 15.6 Å². The van der Waals surface area contributed by atoms with Crippen LogP contribution in [0, 0.1) is 0 Å². The number of hydrogen-bond donors (Lipinski definition) is 2. The summed E-state index contributed by atoms with van der Waals surface area (Å²) >= 11 is 0. The molecule has 5 heteroatoms. The lowest BCUT2D eigenvalue weighted by Crippen LogP contribution is -2.02. The van der Waals surface area contributed by atoms with E-state index in [1.165, 1.54) is 12.4 Å². The highest BCUT2D eigenvalue weighted by atomic mass is 16.5. The first kappa shape index (κ1) is 10.2. The first-order chi connectivity index (χ1) is 7.75. The summed E-state index contributed by atoms with van der Waals surface area (Å²) in [5.74, 6) is 1.01. The van der Waals surface area contributed by atoms with E-state index < -0.39 is 0 Å². The number of benzene rings is 1. The number of phenols is 1. The summed E-state index contributed by atoms with van der Waals surface area (Å²) in [7, 11) is 0. The Labute approximate surface area is 92.5 Å². The predicted octanol–water partition coefficient (Wildman–Crippen LogP) is 1.34. The van der Waals surface area contributed by atoms with Crippen LogP contribution in [0.25, 0.3) is 0 Å². The Balaban J connectivity index is 2.02. The number of aromatic hydroxyl groups is 1. The van der Waals surface area contributed by atoms with Crippen LogP contribution in [0.3, 0.4) is 0 Å². The Kier molecular flexibility index (Phi) is 2.86. The Morgan fingerprint density at radius 1 is 1.19 bits per heavy atom. The van der Waals surface area contributed by atoms with Crippen molar-refractivity contribution in [3.63, 3.8) is 0 Å². The Morgan fingerprint density at radius 2 is 1.88 bits per heavy atom. The molecule has 1 aromatic carbocycles. The molecule has 1 aromatic heterocycles. The Hall–Kier alpha value is -2.30. The molecule has 82 valence electrons. The molecule has 3 N–H and O–H groups in total. The van der Waals surface area contributed by atoms with Crippen molar-refractivity contribution >= 4 is 5.69 Å². The smallest absolute Gasteiger partial charge is 0.166 e. The number of anilines is 1. The van der Waals surface area contributed by atoms with E-state index >= 15 is 0 Å². The van der Waals surface area contributed by atoms with Crippen molar-refractivity contribution in [2.45, 2.75) is 6.61 Å². The van der Waals surface area contributed by atoms with E-state index in [1.54, 1.807) is 24.3 Å². The Morgan fingerprint density at radius 3 is 2.56 bits per heavy atom. The first-order valence-electron chi connectivity index (χ1n) is 4.73. The maximum atomic E-state index is 9.45. The van der Waals surface area contributed by atoms with Crippen LogP contribution >= 0.6 is 0 Å². The van der Waals surface area contributed by atoms with Gasteiger partial charge in [-0.25, -0.2) is 9.97 Å². The molecule has 0 unspecified atom stereocenters. The third-order valence-corrected chi connectivity index (χ3v) is 1.95. The predicted molar refractivity (Wildman–Crippen MR) is 58.9 cm³/mol. The maximum Gasteiger partial charge on any atom is 0.166 e. The molecule has 0 fully saturated rings. The molecular formula is C11H11N3O2. The van der Waals surface area contributed by atoms with Gasteiger partial charge >= 0.3 is 0 Å². The molecule has 0 saturated heterocycles. The van der Waals surface area contributed by atoms with E-state index in [4.69, 9.17) is 10.5 Å². The molecule has 0 saturated carbocycles. The van der Waals surface area contributed by atoms with Crippen molar-refractivity contribution in [2.75, 3.05) is 5.73 Å². The van der Waals surface area contributed by atoms with E-state index in [0.717, 1.165) is 0 Å². The molecular weight excluding hydrogens is 206 g/mol. The normalized spacial score (nSPS) is 10.0. The lowest BCUT2D eigenvalue weighted by atomic mass is 10.3. The summed E-state index contributed by atoms with van der Waals surface area (Å²) in [6.45, 7) is 0.192. The highest BCUT2D eigenvalue weighted by Gasteiger charge is 2.02. The number of rotatable bonds is 3. The molecule has 1 heterocycles. The molecule has 0 aliphatic carbocycles. The van der Waals surface area contributed by atoms with E-state index in [0.29, 0.717) is 17.3 Å². The molecule has 0 aliphatic heterocycles. The number of nitrogen functional groups attached to an aromatic ring is 1. The molecule has 0 spiro atoms. The zero-order valence-corrected chi connectivity index (χ0v) is 8.50. The second-order valence-corrected chi connectivity index (χ2v) is 3.19. The lowest BCUT2D eigenvalue weighted by molar-refractivity contribution is 0.280. The fraction of sp³-hybridized carbons (Fsp3) is 0.0909. The van der Waals surface area contributed by atoms with Crippen LogP contribution in [0.5, 0.6) is 11.5 Å². The number of phenolic OH excluding ortho intramolecular Hbond substituents is 1. The summed E-state index contributed by atoms with van der Waals surface area (Å²) in [6.07, 6.45) is 3.02. The maximum absolute atomic E-state index is 9.45. The zero-order chi connectivity index (χ0) is 11.4. The molecule has 0 atom stereocenters. The monoisotopic (exact) mass is 217 g/mol. The largest absolute Gasteiger partial charge is 0.504 e. The van der Waals surface area contributed by atoms with Gasteiger partial charge in [-0.2, -0.15) is 0 Å². The van der Waals surface area contributed by atoms with Gasteiger partial charge in [-0.15, -0.1) is 0 Å². The van der Waals surface area contributed by atoms with Crippen LogP contribution in [0.15, 0.2) is 36.7 Å². The minimum Gasteiger partial charge on any atom is -0.504 e. The van der Waals surface area contributed by atoms with Crippen molar-refractivity contribution < 1.29 is 9.84 Å². The van der Waals surface area contributed by atoms with Gasteiger partial charge in [-0.3, -0.25) is 0 Å². The van der Waals surface area contributed by atoms with E-state index in [9.17, 15) is 5.11 Å². The number of aromatic nitrogens is 2. The van der Waals surface area contributed by atoms with Crippen LogP contribution in [0.1, 0.15) is 5.82 Å². The van der Waals surface area contributed by atoms with Crippen LogP contribution in [-0.2, 0) is 6.61 Å². The second kappa shape index (κ2) is 4.48. The summed E-state index contributed by atoms with van der Waals surface area (Å²) in [6, 6.07) is 6.73. The highest BCUT2D eigenvalue weighted by Crippen LogP contribution is 2.24. The summed E-state index contributed by atoms with van der Waals surface area (Å²) in [4.78, 5) is 7.96. The molecule has 0 radical (unpaired) electrons. The van der Waals surface area contributed by atoms with Gasteiger partial charge in [0.05, 0.1) is 18.1 Å². The molecule has 0 bridgehead atoms. The van der Waals surface area contributed by atoms with Gasteiger partial charge in [-0.05, 0) is 12.1 Å². The van der Waals surface area contributed by atoms with Crippen LogP contribution in [0.2, 0.25) is 0 Å². The van der Waals surface area contributed by atoms with Crippen molar-refractivity contribution in [1.29, 1.82) is 0 Å². The summed E-state index contributed by atoms with van der Waals surface area (Å²) < 4.78 is 5.35. The van der Waals surface area contributed by atoms with Gasteiger partial charge in [0.25, 0.3) is 0 Å². The minimum atomic E-state index is 0.0953. The first-order valence-corrected chi connectivity index (χ1v) is 4.73. The van der Waals surface area contributed by atoms with E-state index in [1.807, 2.05) is 0 Å². The summed E-state index contributed by atoms with van der Waals surface area (Å²) in [5, 5.41) is 9.45. The average molecular weight is 217 g/mol. The molecule has 2 aromatic rings. The van der Waals surface area contributed by atoms with Crippen LogP contribution in [-0.4, -0.2) is 15.1 Å². The number of hydrogen-bond acceptors (Lipinski definition) is 5. The zero-order valence-electron chi connectivity index (χ0n) is 8.50. The van der Waals surface area contributed by atoms with Gasteiger partial charge in [-0.1, -0.05) is 12.1 Å². The van der Waals surface area contributed by atoms with Crippen molar-refractivity contribution in [3.8, 4) is 11.5 Å². The molecule has 0 amide bonds. The standard InChI is InChI=1S/C11H11N3O2/c12-8-5-13-11(14-6-8)7-16-10-4-2-1-3-9(10)15/h1-6,15H,7,12H2. The molecule has 5 nitrogen and oxygen atoms in total. The number of para-hydroxylation sites is 2. The SMILES string of the molecule is Nc1cnc(COc2ccccc2O)nc1. The number of nitrogens with zero attached hydrogens (tertiary/aromatic N) is 2. The third-order valence-electron chi connectivity index (χ3n) is 1.95. The van der Waals surface area contributed by atoms with Crippen LogP contribution < -0.4 is 10.5 Å². The molecule has 0 aliphatic rings. The van der Waals surface area contributed by atoms with Gasteiger partial charge in [0.15, 0.2) is 17.3 Å². The second-order valence-electron chi connectivity index (χ2n) is 3.19. The quantitative estimate of drug-likeness (QED) is 0.810. The van der Waals surface area contributed by atoms with Crippen molar-refractivity contribution in [2.24, 2.45) is 0 Å². The van der Waals surface area contributed by atoms with E-state index in [2.05, 4.69) is 9.97 Å². The highest BCUT2D eigenvalue weighted by molar-refractivity contribution is 5.38.